The van der Waals surface area contributed by atoms with Crippen LogP contribution in [0.15, 0.2) is 51.7 Å². The Balaban J connectivity index is 2.35. The normalized spacial score (nSPS) is 10.8. The van der Waals surface area contributed by atoms with Gasteiger partial charge in [0.25, 0.3) is 0 Å². The van der Waals surface area contributed by atoms with Crippen LogP contribution in [0, 0.1) is 0 Å². The molecule has 0 amide bonds. The first-order valence-corrected chi connectivity index (χ1v) is 5.84. The van der Waals surface area contributed by atoms with E-state index in [-0.39, 0.29) is 34.0 Å². The smallest absolute Gasteiger partial charge is 0.344 e. The lowest BCUT2D eigenvalue weighted by atomic mass is 10.0. The molecule has 2 aromatic carbocycles. The summed E-state index contributed by atoms with van der Waals surface area (Å²) >= 11 is 0. The molecule has 0 radical (unpaired) electrons. The first-order chi connectivity index (χ1) is 9.56. The van der Waals surface area contributed by atoms with Gasteiger partial charge in [-0.1, -0.05) is 12.1 Å². The van der Waals surface area contributed by atoms with Gasteiger partial charge in [0.15, 0.2) is 11.3 Å². The zero-order valence-corrected chi connectivity index (χ0v) is 10.2. The summed E-state index contributed by atoms with van der Waals surface area (Å²) in [4.78, 5) is 12.0. The van der Waals surface area contributed by atoms with E-state index in [4.69, 9.17) is 4.42 Å². The molecule has 1 heterocycles. The molecule has 0 fully saturated rings. The van der Waals surface area contributed by atoms with Gasteiger partial charge in [0.1, 0.15) is 11.5 Å². The maximum absolute atomic E-state index is 12.0. The van der Waals surface area contributed by atoms with Crippen LogP contribution in [0.25, 0.3) is 22.1 Å². The van der Waals surface area contributed by atoms with Crippen LogP contribution in [0.4, 0.5) is 0 Å². The number of rotatable bonds is 1. The fourth-order valence-electron chi connectivity index (χ4n) is 2.06. The van der Waals surface area contributed by atoms with E-state index in [2.05, 4.69) is 0 Å². The van der Waals surface area contributed by atoms with Gasteiger partial charge in [-0.05, 0) is 30.3 Å². The molecule has 5 heteroatoms. The Morgan fingerprint density at radius 3 is 2.45 bits per heavy atom. The SMILES string of the molecule is O=c1oc2c(O)cccc2cc1-c1cc(O)ccc1O. The molecule has 1 aromatic heterocycles. The molecule has 3 aromatic rings. The van der Waals surface area contributed by atoms with Gasteiger partial charge >= 0.3 is 5.63 Å². The highest BCUT2D eigenvalue weighted by Gasteiger charge is 2.13. The van der Waals surface area contributed by atoms with E-state index in [1.165, 1.54) is 30.3 Å². The van der Waals surface area contributed by atoms with Crippen LogP contribution in [-0.4, -0.2) is 15.3 Å². The van der Waals surface area contributed by atoms with Crippen LogP contribution < -0.4 is 5.63 Å². The van der Waals surface area contributed by atoms with Gasteiger partial charge in [0.05, 0.1) is 5.56 Å². The Labute approximate surface area is 113 Å². The van der Waals surface area contributed by atoms with Gasteiger partial charge in [-0.15, -0.1) is 0 Å². The third-order valence-corrected chi connectivity index (χ3v) is 3.01. The van der Waals surface area contributed by atoms with Gasteiger partial charge in [-0.2, -0.15) is 0 Å². The van der Waals surface area contributed by atoms with E-state index in [1.807, 2.05) is 0 Å². The second kappa shape index (κ2) is 4.31. The van der Waals surface area contributed by atoms with E-state index in [0.717, 1.165) is 0 Å². The predicted octanol–water partition coefficient (Wildman–Crippen LogP) is 2.58. The number of hydrogen-bond acceptors (Lipinski definition) is 5. The number of fused-ring (bicyclic) bond motifs is 1. The quantitative estimate of drug-likeness (QED) is 0.467. The molecule has 0 saturated heterocycles. The summed E-state index contributed by atoms with van der Waals surface area (Å²) in [6.07, 6.45) is 0. The topological polar surface area (TPSA) is 90.9 Å². The Morgan fingerprint density at radius 1 is 0.850 bits per heavy atom. The Hall–Kier alpha value is -2.95. The molecule has 0 aliphatic heterocycles. The molecule has 0 saturated carbocycles. The highest BCUT2D eigenvalue weighted by Crippen LogP contribution is 2.33. The molecule has 5 nitrogen and oxygen atoms in total. The van der Waals surface area contributed by atoms with Gasteiger partial charge in [0.2, 0.25) is 0 Å². The number of phenols is 3. The first kappa shape index (κ1) is 12.1. The van der Waals surface area contributed by atoms with Crippen molar-refractivity contribution >= 4 is 11.0 Å². The maximum Gasteiger partial charge on any atom is 0.344 e. The molecule has 0 aliphatic carbocycles. The summed E-state index contributed by atoms with van der Waals surface area (Å²) in [5, 5.41) is 29.4. The average molecular weight is 270 g/mol. The maximum atomic E-state index is 12.0. The summed E-state index contributed by atoms with van der Waals surface area (Å²) in [5.41, 5.74) is -0.346. The minimum absolute atomic E-state index is 0.0757. The molecule has 0 atom stereocenters. The standard InChI is InChI=1S/C15H10O5/c16-9-4-5-12(17)10(7-9)11-6-8-2-1-3-13(18)14(8)20-15(11)19/h1-7,16-18H. The second-order valence-corrected chi connectivity index (χ2v) is 4.34. The second-order valence-electron chi connectivity index (χ2n) is 4.34. The minimum atomic E-state index is -0.708. The molecule has 20 heavy (non-hydrogen) atoms. The Morgan fingerprint density at radius 2 is 1.65 bits per heavy atom. The number of hydrogen-bond donors (Lipinski definition) is 3. The van der Waals surface area contributed by atoms with Crippen molar-refractivity contribution in [2.24, 2.45) is 0 Å². The van der Waals surface area contributed by atoms with Crippen molar-refractivity contribution in [1.29, 1.82) is 0 Å². The minimum Gasteiger partial charge on any atom is -0.508 e. The van der Waals surface area contributed by atoms with Gasteiger partial charge in [-0.25, -0.2) is 4.79 Å². The molecule has 0 unspecified atom stereocenters. The summed E-state index contributed by atoms with van der Waals surface area (Å²) < 4.78 is 5.07. The van der Waals surface area contributed by atoms with E-state index in [9.17, 15) is 20.1 Å². The molecular formula is C15H10O5. The molecule has 100 valence electrons. The zero-order chi connectivity index (χ0) is 14.3. The van der Waals surface area contributed by atoms with Crippen molar-refractivity contribution < 1.29 is 19.7 Å². The monoisotopic (exact) mass is 270 g/mol. The number of aromatic hydroxyl groups is 3. The van der Waals surface area contributed by atoms with E-state index < -0.39 is 5.63 Å². The zero-order valence-electron chi connectivity index (χ0n) is 10.2. The van der Waals surface area contributed by atoms with E-state index in [1.54, 1.807) is 12.1 Å². The Bertz CT molecular complexity index is 864. The van der Waals surface area contributed by atoms with E-state index >= 15 is 0 Å². The van der Waals surface area contributed by atoms with Crippen molar-refractivity contribution in [2.45, 2.75) is 0 Å². The summed E-state index contributed by atoms with van der Waals surface area (Å²) in [7, 11) is 0. The van der Waals surface area contributed by atoms with Crippen LogP contribution in [0.2, 0.25) is 0 Å². The average Bonchev–Trinajstić information content (AvgIpc) is 2.42. The predicted molar refractivity (Wildman–Crippen MR) is 72.9 cm³/mol. The lowest BCUT2D eigenvalue weighted by Gasteiger charge is -2.06. The molecule has 3 rings (SSSR count). The third-order valence-electron chi connectivity index (χ3n) is 3.01. The van der Waals surface area contributed by atoms with Crippen LogP contribution in [0.3, 0.4) is 0 Å². The molecular weight excluding hydrogens is 260 g/mol. The molecule has 0 spiro atoms. The summed E-state index contributed by atoms with van der Waals surface area (Å²) in [6, 6.07) is 10.1. The summed E-state index contributed by atoms with van der Waals surface area (Å²) in [6.45, 7) is 0. The van der Waals surface area contributed by atoms with Gasteiger partial charge < -0.3 is 19.7 Å². The highest BCUT2D eigenvalue weighted by molar-refractivity contribution is 5.86. The van der Waals surface area contributed by atoms with Crippen LogP contribution in [0.1, 0.15) is 0 Å². The third kappa shape index (κ3) is 1.85. The molecule has 3 N–H and O–H groups in total. The van der Waals surface area contributed by atoms with Gasteiger partial charge in [0, 0.05) is 10.9 Å². The Kier molecular flexibility index (Phi) is 2.61. The molecule has 0 bridgehead atoms. The van der Waals surface area contributed by atoms with Crippen LogP contribution >= 0.6 is 0 Å². The summed E-state index contributed by atoms with van der Waals surface area (Å²) in [5.74, 6) is -0.353. The highest BCUT2D eigenvalue weighted by atomic mass is 16.4. The lowest BCUT2D eigenvalue weighted by Crippen LogP contribution is -2.02. The van der Waals surface area contributed by atoms with Gasteiger partial charge in [-0.3, -0.25) is 0 Å². The number of benzene rings is 2. The van der Waals surface area contributed by atoms with Crippen molar-refractivity contribution in [1.82, 2.24) is 0 Å². The molecule has 0 aliphatic rings. The fourth-order valence-corrected chi connectivity index (χ4v) is 2.06. The van der Waals surface area contributed by atoms with Crippen LogP contribution in [-0.2, 0) is 0 Å². The lowest BCUT2D eigenvalue weighted by molar-refractivity contribution is 0.456. The van der Waals surface area contributed by atoms with E-state index in [0.29, 0.717) is 5.39 Å². The number of phenolic OH excluding ortho intramolecular Hbond substituents is 3. The number of para-hydroxylation sites is 1. The van der Waals surface area contributed by atoms with Crippen molar-refractivity contribution in [3.8, 4) is 28.4 Å². The first-order valence-electron chi connectivity index (χ1n) is 5.84. The largest absolute Gasteiger partial charge is 0.508 e. The van der Waals surface area contributed by atoms with Crippen LogP contribution in [0.5, 0.6) is 17.2 Å². The van der Waals surface area contributed by atoms with Crippen molar-refractivity contribution in [3.63, 3.8) is 0 Å². The van der Waals surface area contributed by atoms with Crippen molar-refractivity contribution in [3.05, 3.63) is 52.9 Å². The van der Waals surface area contributed by atoms with Crippen molar-refractivity contribution in [2.75, 3.05) is 0 Å². The fraction of sp³-hybridized carbons (Fsp3) is 0.